The van der Waals surface area contributed by atoms with Gasteiger partial charge in [-0.25, -0.2) is 14.4 Å². The van der Waals surface area contributed by atoms with Crippen molar-refractivity contribution < 1.29 is 66.5 Å². The van der Waals surface area contributed by atoms with Crippen molar-refractivity contribution in [1.29, 1.82) is 0 Å². The Hall–Kier alpha value is -5.11. The fraction of sp³-hybridized carbons (Fsp3) is 0.568. The first-order valence-electron chi connectivity index (χ1n) is 19.8. The number of esters is 4. The van der Waals surface area contributed by atoms with Crippen LogP contribution in [0.25, 0.3) is 0 Å². The summed E-state index contributed by atoms with van der Waals surface area (Å²) in [6.07, 6.45) is 1.15. The second-order valence-corrected chi connectivity index (χ2v) is 15.9. The fourth-order valence-electron chi connectivity index (χ4n) is 5.41. The maximum absolute atomic E-state index is 12.8. The Bertz CT molecular complexity index is 1660. The van der Waals surface area contributed by atoms with E-state index in [2.05, 4.69) is 0 Å². The van der Waals surface area contributed by atoms with E-state index in [1.54, 1.807) is 0 Å². The van der Waals surface area contributed by atoms with Crippen molar-refractivity contribution in [3.63, 3.8) is 0 Å². The first kappa shape index (κ1) is 49.0. The summed E-state index contributed by atoms with van der Waals surface area (Å²) in [5.41, 5.74) is 2.26. The standard InChI is InChI=1S/C44H62NO13/c1-31-15-22-37(23-16-31)39(48)24-21-35-17-19-36(20-18-35)28-38(47)14-11-9-10-12-26-53-40(49)32(2)57-41(50)33(3)58-43(52)56-30-44(5,29-55-34(4)46)42(51)54-27-13-25-45(6,7)8/h15-20,22-23,32-33H,9-14,21,24-30H2,1-8H3/q+1. The van der Waals surface area contributed by atoms with Crippen LogP contribution in [0.2, 0.25) is 0 Å². The minimum absolute atomic E-state index is 0.0976. The second kappa shape index (κ2) is 24.6. The molecule has 0 aromatic heterocycles. The van der Waals surface area contributed by atoms with Crippen molar-refractivity contribution in [2.75, 3.05) is 54.1 Å². The van der Waals surface area contributed by atoms with Gasteiger partial charge in [-0.15, -0.1) is 0 Å². The molecule has 2 aromatic carbocycles. The lowest BCUT2D eigenvalue weighted by molar-refractivity contribution is -0.870. The highest BCUT2D eigenvalue weighted by atomic mass is 16.7. The highest BCUT2D eigenvalue weighted by Gasteiger charge is 2.39. The van der Waals surface area contributed by atoms with Gasteiger partial charge in [0.05, 0.1) is 40.9 Å². The minimum atomic E-state index is -1.54. The van der Waals surface area contributed by atoms with Crippen LogP contribution < -0.4 is 0 Å². The number of ether oxygens (including phenoxy) is 6. The van der Waals surface area contributed by atoms with Crippen molar-refractivity contribution >= 4 is 41.6 Å². The highest BCUT2D eigenvalue weighted by molar-refractivity contribution is 5.96. The van der Waals surface area contributed by atoms with Crippen LogP contribution in [-0.2, 0) is 65.2 Å². The van der Waals surface area contributed by atoms with Crippen molar-refractivity contribution in [2.24, 2.45) is 5.41 Å². The third kappa shape index (κ3) is 19.8. The summed E-state index contributed by atoms with van der Waals surface area (Å²) in [6, 6.07) is 15.4. The third-order valence-electron chi connectivity index (χ3n) is 9.06. The Morgan fingerprint density at radius 1 is 0.655 bits per heavy atom. The molecular formula is C44H62NO13+. The molecule has 0 aliphatic heterocycles. The second-order valence-electron chi connectivity index (χ2n) is 15.9. The van der Waals surface area contributed by atoms with Gasteiger partial charge in [-0.3, -0.25) is 19.2 Å². The molecule has 0 N–H and O–H groups in total. The summed E-state index contributed by atoms with van der Waals surface area (Å²) in [5.74, 6) is -2.94. The molecule has 3 atom stereocenters. The number of benzene rings is 2. The monoisotopic (exact) mass is 812 g/mol. The summed E-state index contributed by atoms with van der Waals surface area (Å²) >= 11 is 0. The summed E-state index contributed by atoms with van der Waals surface area (Å²) in [5, 5.41) is 0. The molecule has 2 rings (SSSR count). The molecule has 0 saturated carbocycles. The van der Waals surface area contributed by atoms with E-state index < -0.39 is 60.9 Å². The van der Waals surface area contributed by atoms with Gasteiger partial charge in [0.25, 0.3) is 0 Å². The topological polar surface area (TPSA) is 175 Å². The van der Waals surface area contributed by atoms with Crippen LogP contribution in [0.4, 0.5) is 4.79 Å². The smallest absolute Gasteiger partial charge is 0.465 e. The molecule has 0 heterocycles. The zero-order chi connectivity index (χ0) is 43.3. The molecule has 14 nitrogen and oxygen atoms in total. The number of carbonyl (C=O) groups excluding carboxylic acids is 7. The number of quaternary nitrogens is 1. The number of rotatable bonds is 26. The average molecular weight is 813 g/mol. The van der Waals surface area contributed by atoms with Gasteiger partial charge in [0.2, 0.25) is 0 Å². The largest absolute Gasteiger partial charge is 0.509 e. The molecule has 14 heteroatoms. The molecule has 0 bridgehead atoms. The molecule has 0 spiro atoms. The van der Waals surface area contributed by atoms with Crippen LogP contribution >= 0.6 is 0 Å². The minimum Gasteiger partial charge on any atom is -0.465 e. The maximum atomic E-state index is 12.8. The SMILES string of the molecule is CC(=O)OCC(C)(COC(=O)OC(C)C(=O)OC(C)C(=O)OCCCCCCC(=O)Cc1ccc(CCC(=O)c2ccc(C)cc2)cc1)C(=O)OCCC[N+](C)(C)C. The van der Waals surface area contributed by atoms with Gasteiger partial charge in [-0.2, -0.15) is 0 Å². The lowest BCUT2D eigenvalue weighted by Gasteiger charge is -2.27. The number of nitrogens with zero attached hydrogens (tertiary/aromatic N) is 1. The van der Waals surface area contributed by atoms with Gasteiger partial charge >= 0.3 is 30.0 Å². The summed E-state index contributed by atoms with van der Waals surface area (Å²) in [7, 11) is 5.99. The van der Waals surface area contributed by atoms with Crippen LogP contribution in [0.1, 0.15) is 99.7 Å². The van der Waals surface area contributed by atoms with Gasteiger partial charge < -0.3 is 32.9 Å². The number of carbonyl (C=O) groups is 7. The van der Waals surface area contributed by atoms with E-state index in [9.17, 15) is 33.6 Å². The molecule has 0 amide bonds. The molecule has 0 aliphatic rings. The predicted octanol–water partition coefficient (Wildman–Crippen LogP) is 6.10. The Morgan fingerprint density at radius 2 is 1.24 bits per heavy atom. The van der Waals surface area contributed by atoms with E-state index in [0.29, 0.717) is 55.0 Å². The Morgan fingerprint density at radius 3 is 1.88 bits per heavy atom. The van der Waals surface area contributed by atoms with Crippen LogP contribution in [-0.4, -0.2) is 112 Å². The number of hydrogen-bond acceptors (Lipinski definition) is 13. The number of ketones is 2. The predicted molar refractivity (Wildman–Crippen MR) is 214 cm³/mol. The number of hydrogen-bond donors (Lipinski definition) is 0. The van der Waals surface area contributed by atoms with Crippen LogP contribution in [0.5, 0.6) is 0 Å². The Labute approximate surface area is 342 Å². The molecule has 3 unspecified atom stereocenters. The third-order valence-corrected chi connectivity index (χ3v) is 9.06. The molecule has 58 heavy (non-hydrogen) atoms. The zero-order valence-corrected chi connectivity index (χ0v) is 35.4. The zero-order valence-electron chi connectivity index (χ0n) is 35.4. The quantitative estimate of drug-likeness (QED) is 0.0351. The molecule has 2 aromatic rings. The molecule has 0 radical (unpaired) electrons. The van der Waals surface area contributed by atoms with E-state index >= 15 is 0 Å². The number of unbranched alkanes of at least 4 members (excludes halogenated alkanes) is 3. The summed E-state index contributed by atoms with van der Waals surface area (Å²) in [6.45, 7) is 7.08. The van der Waals surface area contributed by atoms with Crippen molar-refractivity contribution in [2.45, 2.75) is 105 Å². The first-order chi connectivity index (χ1) is 27.3. The van der Waals surface area contributed by atoms with E-state index in [1.165, 1.54) is 27.7 Å². The number of aryl methyl sites for hydroxylation is 2. The van der Waals surface area contributed by atoms with E-state index in [4.69, 9.17) is 28.4 Å². The van der Waals surface area contributed by atoms with Crippen LogP contribution in [0, 0.1) is 12.3 Å². The molecule has 0 aliphatic carbocycles. The van der Waals surface area contributed by atoms with Crippen LogP contribution in [0.3, 0.4) is 0 Å². The normalized spacial score (nSPS) is 13.2. The van der Waals surface area contributed by atoms with Gasteiger partial charge in [0.1, 0.15) is 24.4 Å². The molecule has 0 fully saturated rings. The number of Topliss-reactive ketones (excluding diaryl/α,β-unsaturated/α-hetero) is 2. The van der Waals surface area contributed by atoms with E-state index in [1.807, 2.05) is 76.6 Å². The molecule has 0 saturated heterocycles. The van der Waals surface area contributed by atoms with Gasteiger partial charge in [0.15, 0.2) is 18.0 Å². The fourth-order valence-corrected chi connectivity index (χ4v) is 5.41. The summed E-state index contributed by atoms with van der Waals surface area (Å²) in [4.78, 5) is 86.5. The lowest BCUT2D eigenvalue weighted by Crippen LogP contribution is -2.41. The lowest BCUT2D eigenvalue weighted by atomic mass is 9.93. The van der Waals surface area contributed by atoms with Crippen molar-refractivity contribution in [1.82, 2.24) is 0 Å². The van der Waals surface area contributed by atoms with Gasteiger partial charge in [-0.1, -0.05) is 66.9 Å². The Kier molecular flexibility index (Phi) is 20.8. The first-order valence-corrected chi connectivity index (χ1v) is 19.8. The Balaban J connectivity index is 1.62. The van der Waals surface area contributed by atoms with Crippen molar-refractivity contribution in [3.8, 4) is 0 Å². The van der Waals surface area contributed by atoms with Gasteiger partial charge in [-0.05, 0) is 58.1 Å². The van der Waals surface area contributed by atoms with E-state index in [0.717, 1.165) is 36.1 Å². The maximum Gasteiger partial charge on any atom is 0.509 e. The molecule has 320 valence electrons. The van der Waals surface area contributed by atoms with Gasteiger partial charge in [0, 0.05) is 38.2 Å². The van der Waals surface area contributed by atoms with E-state index in [-0.39, 0.29) is 24.8 Å². The summed E-state index contributed by atoms with van der Waals surface area (Å²) < 4.78 is 31.4. The van der Waals surface area contributed by atoms with Crippen LogP contribution in [0.15, 0.2) is 48.5 Å². The highest BCUT2D eigenvalue weighted by Crippen LogP contribution is 2.21. The molecular weight excluding hydrogens is 750 g/mol. The average Bonchev–Trinajstić information content (AvgIpc) is 3.16. The van der Waals surface area contributed by atoms with Crippen molar-refractivity contribution in [3.05, 3.63) is 70.8 Å².